The number of hydrogen-bond acceptors (Lipinski definition) is 5. The normalized spacial score (nSPS) is 13.6. The van der Waals surface area contributed by atoms with Gasteiger partial charge in [-0.1, -0.05) is 6.07 Å². The Hall–Kier alpha value is -3.22. The monoisotopic (exact) mass is 335 g/mol. The summed E-state index contributed by atoms with van der Waals surface area (Å²) >= 11 is 0. The molecule has 0 radical (unpaired) electrons. The van der Waals surface area contributed by atoms with Crippen LogP contribution in [-0.4, -0.2) is 27.5 Å². The Morgan fingerprint density at radius 2 is 2.04 bits per heavy atom. The van der Waals surface area contributed by atoms with Crippen LogP contribution < -0.4 is 16.2 Å². The average Bonchev–Trinajstić information content (AvgIpc) is 3.46. The molecule has 4 rings (SSSR count). The summed E-state index contributed by atoms with van der Waals surface area (Å²) in [4.78, 5) is 32.9. The Labute approximate surface area is 143 Å². The van der Waals surface area contributed by atoms with Gasteiger partial charge in [-0.15, -0.1) is 0 Å². The van der Waals surface area contributed by atoms with Crippen LogP contribution in [0, 0.1) is 5.92 Å². The largest absolute Gasteiger partial charge is 0.373 e. The zero-order chi connectivity index (χ0) is 17.4. The number of fused-ring (bicyclic) bond motifs is 1. The van der Waals surface area contributed by atoms with Crippen molar-refractivity contribution in [1.29, 1.82) is 0 Å². The van der Waals surface area contributed by atoms with E-state index < -0.39 is 0 Å². The average molecular weight is 335 g/mol. The molecule has 1 aliphatic rings. The summed E-state index contributed by atoms with van der Waals surface area (Å²) in [5.41, 5.74) is 0.493. The fourth-order valence-electron chi connectivity index (χ4n) is 2.78. The summed E-state index contributed by atoms with van der Waals surface area (Å²) < 4.78 is 1.53. The summed E-state index contributed by atoms with van der Waals surface area (Å²) in [7, 11) is 1.78. The number of carbonyl (C=O) groups excluding carboxylic acids is 1. The first-order valence-corrected chi connectivity index (χ1v) is 8.13. The predicted molar refractivity (Wildman–Crippen MR) is 96.0 cm³/mol. The second-order valence-corrected chi connectivity index (χ2v) is 6.03. The van der Waals surface area contributed by atoms with Gasteiger partial charge in [0.1, 0.15) is 11.6 Å². The van der Waals surface area contributed by atoms with E-state index in [1.54, 1.807) is 43.8 Å². The van der Waals surface area contributed by atoms with Crippen LogP contribution >= 0.6 is 0 Å². The molecule has 1 amide bonds. The first kappa shape index (κ1) is 15.3. The lowest BCUT2D eigenvalue weighted by molar-refractivity contribution is -0.117. The minimum Gasteiger partial charge on any atom is -0.373 e. The molecule has 3 aromatic rings. The molecule has 0 atom stereocenters. The van der Waals surface area contributed by atoms with Gasteiger partial charge in [-0.3, -0.25) is 14.2 Å². The van der Waals surface area contributed by atoms with E-state index in [1.807, 2.05) is 0 Å². The first-order chi connectivity index (χ1) is 12.2. The Morgan fingerprint density at radius 3 is 2.76 bits per heavy atom. The molecule has 1 fully saturated rings. The topological polar surface area (TPSA) is 88.9 Å². The molecule has 1 aliphatic carbocycles. The summed E-state index contributed by atoms with van der Waals surface area (Å²) in [5.74, 6) is 1.23. The SMILES string of the molecule is CNc1ncc(-n2ccccc2=O)c2cc(NC(=O)C3CC3)ncc12. The number of amides is 1. The van der Waals surface area contributed by atoms with Crippen molar-refractivity contribution < 1.29 is 4.79 Å². The third-order valence-electron chi connectivity index (χ3n) is 4.27. The van der Waals surface area contributed by atoms with Crippen LogP contribution in [0.2, 0.25) is 0 Å². The van der Waals surface area contributed by atoms with Crippen molar-refractivity contribution in [1.82, 2.24) is 14.5 Å². The van der Waals surface area contributed by atoms with Crippen LogP contribution in [0.5, 0.6) is 0 Å². The number of pyridine rings is 3. The Bertz CT molecular complexity index is 1020. The number of nitrogens with one attached hydrogen (secondary N) is 2. The van der Waals surface area contributed by atoms with Crippen molar-refractivity contribution in [2.75, 3.05) is 17.7 Å². The summed E-state index contributed by atoms with van der Waals surface area (Å²) in [6.45, 7) is 0. The Morgan fingerprint density at radius 1 is 1.20 bits per heavy atom. The Kier molecular flexibility index (Phi) is 3.68. The number of hydrogen-bond donors (Lipinski definition) is 2. The quantitative estimate of drug-likeness (QED) is 0.763. The lowest BCUT2D eigenvalue weighted by Gasteiger charge is -2.13. The molecule has 7 nitrogen and oxygen atoms in total. The van der Waals surface area contributed by atoms with Crippen molar-refractivity contribution in [3.05, 3.63) is 53.2 Å². The van der Waals surface area contributed by atoms with Gasteiger partial charge in [0.2, 0.25) is 5.91 Å². The van der Waals surface area contributed by atoms with E-state index in [-0.39, 0.29) is 17.4 Å². The lowest BCUT2D eigenvalue weighted by Crippen LogP contribution is -2.17. The van der Waals surface area contributed by atoms with E-state index in [0.29, 0.717) is 17.3 Å². The summed E-state index contributed by atoms with van der Waals surface area (Å²) in [6, 6.07) is 6.76. The molecule has 1 saturated carbocycles. The molecule has 3 aromatic heterocycles. The standard InChI is InChI=1S/C18H17N5O2/c1-19-17-13-9-20-15(22-18(25)11-5-6-11)8-12(13)14(10-21-17)23-7-3-2-4-16(23)24/h2-4,7-11H,5-6H2,1H3,(H,19,21)(H,20,22,25). The number of anilines is 2. The van der Waals surface area contributed by atoms with Crippen LogP contribution in [0.3, 0.4) is 0 Å². The fourth-order valence-corrected chi connectivity index (χ4v) is 2.78. The lowest BCUT2D eigenvalue weighted by atomic mass is 10.1. The van der Waals surface area contributed by atoms with Crippen LogP contribution in [0.4, 0.5) is 11.6 Å². The molecule has 0 unspecified atom stereocenters. The highest BCUT2D eigenvalue weighted by atomic mass is 16.2. The van der Waals surface area contributed by atoms with Crippen molar-refractivity contribution in [2.45, 2.75) is 12.8 Å². The van der Waals surface area contributed by atoms with Crippen molar-refractivity contribution in [3.63, 3.8) is 0 Å². The minimum absolute atomic E-state index is 0.00632. The van der Waals surface area contributed by atoms with E-state index in [1.165, 1.54) is 10.6 Å². The number of rotatable bonds is 4. The Balaban J connectivity index is 1.88. The third kappa shape index (κ3) is 2.84. The second-order valence-electron chi connectivity index (χ2n) is 6.03. The maximum atomic E-state index is 12.2. The molecule has 0 saturated heterocycles. The molecular formula is C18H17N5O2. The van der Waals surface area contributed by atoms with E-state index in [9.17, 15) is 9.59 Å². The van der Waals surface area contributed by atoms with Gasteiger partial charge in [0.05, 0.1) is 11.9 Å². The van der Waals surface area contributed by atoms with Crippen LogP contribution in [0.15, 0.2) is 47.7 Å². The van der Waals surface area contributed by atoms with Gasteiger partial charge in [-0.2, -0.15) is 0 Å². The highest BCUT2D eigenvalue weighted by molar-refractivity contribution is 6.00. The molecule has 0 bridgehead atoms. The minimum atomic E-state index is -0.150. The van der Waals surface area contributed by atoms with E-state index in [0.717, 1.165) is 23.6 Å². The van der Waals surface area contributed by atoms with Gasteiger partial charge in [0, 0.05) is 42.2 Å². The highest BCUT2D eigenvalue weighted by Crippen LogP contribution is 2.31. The number of carbonyl (C=O) groups is 1. The summed E-state index contributed by atoms with van der Waals surface area (Å²) in [6.07, 6.45) is 6.85. The van der Waals surface area contributed by atoms with E-state index in [4.69, 9.17) is 0 Å². The molecule has 3 heterocycles. The predicted octanol–water partition coefficient (Wildman–Crippen LogP) is 2.17. The van der Waals surface area contributed by atoms with Gasteiger partial charge in [-0.25, -0.2) is 9.97 Å². The number of nitrogens with zero attached hydrogens (tertiary/aromatic N) is 3. The molecule has 0 spiro atoms. The zero-order valence-electron chi connectivity index (χ0n) is 13.7. The maximum absolute atomic E-state index is 12.2. The second kappa shape index (κ2) is 6.01. The van der Waals surface area contributed by atoms with E-state index >= 15 is 0 Å². The van der Waals surface area contributed by atoms with Gasteiger partial charge in [-0.05, 0) is 25.0 Å². The van der Waals surface area contributed by atoms with Gasteiger partial charge in [0.25, 0.3) is 5.56 Å². The van der Waals surface area contributed by atoms with Crippen molar-refractivity contribution >= 4 is 28.3 Å². The first-order valence-electron chi connectivity index (χ1n) is 8.13. The van der Waals surface area contributed by atoms with Crippen molar-refractivity contribution in [3.8, 4) is 5.69 Å². The summed E-state index contributed by atoms with van der Waals surface area (Å²) in [5, 5.41) is 7.44. The van der Waals surface area contributed by atoms with Gasteiger partial charge < -0.3 is 10.6 Å². The maximum Gasteiger partial charge on any atom is 0.255 e. The zero-order valence-corrected chi connectivity index (χ0v) is 13.7. The number of aromatic nitrogens is 3. The smallest absolute Gasteiger partial charge is 0.255 e. The fraction of sp³-hybridized carbons (Fsp3) is 0.222. The molecule has 126 valence electrons. The molecule has 25 heavy (non-hydrogen) atoms. The van der Waals surface area contributed by atoms with Crippen LogP contribution in [0.1, 0.15) is 12.8 Å². The highest BCUT2D eigenvalue weighted by Gasteiger charge is 2.29. The van der Waals surface area contributed by atoms with Crippen molar-refractivity contribution in [2.24, 2.45) is 5.92 Å². The molecule has 0 aliphatic heterocycles. The van der Waals surface area contributed by atoms with Crippen LogP contribution in [0.25, 0.3) is 16.5 Å². The molecular weight excluding hydrogens is 318 g/mol. The van der Waals surface area contributed by atoms with Gasteiger partial charge >= 0.3 is 0 Å². The van der Waals surface area contributed by atoms with E-state index in [2.05, 4.69) is 20.6 Å². The molecule has 2 N–H and O–H groups in total. The molecule has 0 aromatic carbocycles. The van der Waals surface area contributed by atoms with Gasteiger partial charge in [0.15, 0.2) is 0 Å². The third-order valence-corrected chi connectivity index (χ3v) is 4.27. The van der Waals surface area contributed by atoms with Crippen LogP contribution in [-0.2, 0) is 4.79 Å². The molecule has 7 heteroatoms.